The fourth-order valence-electron chi connectivity index (χ4n) is 1.84. The molecule has 0 saturated carbocycles. The molecule has 0 radical (unpaired) electrons. The van der Waals surface area contributed by atoms with Crippen LogP contribution in [0.15, 0.2) is 48.5 Å². The van der Waals surface area contributed by atoms with Crippen LogP contribution in [0.3, 0.4) is 0 Å². The summed E-state index contributed by atoms with van der Waals surface area (Å²) in [5.74, 6) is 0. The molecule has 8 nitrogen and oxygen atoms in total. The second-order valence-corrected chi connectivity index (χ2v) is 5.84. The number of carbonyl (C=O) groups is 2. The van der Waals surface area contributed by atoms with Gasteiger partial charge in [0.2, 0.25) is 6.41 Å². The van der Waals surface area contributed by atoms with Gasteiger partial charge in [0.15, 0.2) is 0 Å². The van der Waals surface area contributed by atoms with Crippen LogP contribution in [-0.2, 0) is 9.53 Å². The topological polar surface area (TPSA) is 156 Å². The maximum atomic E-state index is 10.3. The highest BCUT2D eigenvalue weighted by Crippen LogP contribution is 2.22. The second-order valence-electron chi connectivity index (χ2n) is 5.02. The fraction of sp³-hybridized carbons (Fsp3) is 0.222. The molecule has 0 spiro atoms. The molecule has 2 aromatic carbocycles. The minimum Gasteiger partial charge on any atom is -0.447 e. The Hall–Kier alpha value is -2.36. The van der Waals surface area contributed by atoms with E-state index in [0.29, 0.717) is 21.2 Å². The lowest BCUT2D eigenvalue weighted by Gasteiger charge is -2.11. The lowest BCUT2D eigenvalue weighted by atomic mass is 10.1. The number of hydrogen-bond donors (Lipinski definition) is 5. The Balaban J connectivity index is 0.000000466. The summed E-state index contributed by atoms with van der Waals surface area (Å²) in [6.07, 6.45) is -2.49. The fourth-order valence-corrected chi connectivity index (χ4v) is 2.36. The molecule has 2 amide bonds. The van der Waals surface area contributed by atoms with Crippen molar-refractivity contribution in [1.82, 2.24) is 0 Å². The molecule has 2 rings (SSSR count). The van der Waals surface area contributed by atoms with Crippen LogP contribution in [0.4, 0.5) is 4.79 Å². The normalized spacial score (nSPS) is 11.6. The first kappa shape index (κ1) is 25.6. The number of halogens is 2. The lowest BCUT2D eigenvalue weighted by molar-refractivity contribution is -0.106. The van der Waals surface area contributed by atoms with Crippen molar-refractivity contribution in [2.75, 3.05) is 13.2 Å². The van der Waals surface area contributed by atoms with Crippen molar-refractivity contribution in [3.8, 4) is 0 Å². The van der Waals surface area contributed by atoms with Gasteiger partial charge in [0, 0.05) is 21.2 Å². The van der Waals surface area contributed by atoms with Crippen LogP contribution in [0.2, 0.25) is 10.0 Å². The third-order valence-electron chi connectivity index (χ3n) is 3.08. The van der Waals surface area contributed by atoms with Crippen LogP contribution in [-0.4, -0.2) is 41.0 Å². The highest BCUT2D eigenvalue weighted by Gasteiger charge is 2.12. The summed E-state index contributed by atoms with van der Waals surface area (Å²) >= 11 is 11.5. The van der Waals surface area contributed by atoms with Gasteiger partial charge in [-0.15, -0.1) is 0 Å². The van der Waals surface area contributed by atoms with E-state index in [-0.39, 0.29) is 19.6 Å². The van der Waals surface area contributed by atoms with Gasteiger partial charge in [-0.1, -0.05) is 59.6 Å². The maximum Gasteiger partial charge on any atom is 0.404 e. The Bertz CT molecular complexity index is 733. The summed E-state index contributed by atoms with van der Waals surface area (Å²) < 4.78 is 4.44. The van der Waals surface area contributed by atoms with Crippen molar-refractivity contribution in [2.45, 2.75) is 12.2 Å². The lowest BCUT2D eigenvalue weighted by Crippen LogP contribution is -2.17. The standard InChI is InChI=1S/C9H10ClNO3.C8H9ClO2.CH3NO/c10-7-4-2-1-3-6(7)8(12)5-14-9(11)13;9-7-4-2-1-3-6(7)8(11)5-10;2-1-3/h1-4,8,12H,5H2,(H2,11,13);1-4,8,10-11H,5H2;1H,(H2,2,3). The Morgan fingerprint density at radius 2 is 1.39 bits per heavy atom. The van der Waals surface area contributed by atoms with E-state index >= 15 is 0 Å². The average molecular weight is 433 g/mol. The zero-order valence-electron chi connectivity index (χ0n) is 14.7. The van der Waals surface area contributed by atoms with Crippen LogP contribution >= 0.6 is 23.2 Å². The Labute approximate surface area is 172 Å². The minimum atomic E-state index is -0.948. The van der Waals surface area contributed by atoms with Gasteiger partial charge in [-0.05, 0) is 12.1 Å². The molecular weight excluding hydrogens is 411 g/mol. The summed E-state index contributed by atoms with van der Waals surface area (Å²) in [4.78, 5) is 18.9. The molecule has 154 valence electrons. The van der Waals surface area contributed by atoms with Crippen LogP contribution in [0.1, 0.15) is 23.3 Å². The van der Waals surface area contributed by atoms with Crippen LogP contribution in [0, 0.1) is 0 Å². The molecule has 2 unspecified atom stereocenters. The molecule has 0 heterocycles. The largest absolute Gasteiger partial charge is 0.447 e. The summed E-state index contributed by atoms with van der Waals surface area (Å²) in [5, 5.41) is 28.2. The molecule has 0 saturated heterocycles. The number of aliphatic hydroxyl groups excluding tert-OH is 3. The van der Waals surface area contributed by atoms with Crippen molar-refractivity contribution >= 4 is 35.7 Å². The Kier molecular flexibility index (Phi) is 13.4. The smallest absolute Gasteiger partial charge is 0.404 e. The van der Waals surface area contributed by atoms with Gasteiger partial charge in [0.25, 0.3) is 0 Å². The minimum absolute atomic E-state index is 0.195. The van der Waals surface area contributed by atoms with Crippen molar-refractivity contribution in [1.29, 1.82) is 0 Å². The summed E-state index contributed by atoms with van der Waals surface area (Å²) in [5.41, 5.74) is 9.99. The molecule has 0 aliphatic carbocycles. The molecule has 0 aliphatic rings. The number of aliphatic hydroxyl groups is 3. The first-order valence-corrected chi connectivity index (χ1v) is 8.57. The van der Waals surface area contributed by atoms with E-state index in [1.165, 1.54) is 0 Å². The molecule has 7 N–H and O–H groups in total. The summed E-state index contributed by atoms with van der Waals surface area (Å²) in [6, 6.07) is 13.7. The van der Waals surface area contributed by atoms with E-state index in [4.69, 9.17) is 38.8 Å². The van der Waals surface area contributed by atoms with E-state index in [1.54, 1.807) is 48.5 Å². The van der Waals surface area contributed by atoms with E-state index in [1.807, 2.05) is 0 Å². The first-order valence-electron chi connectivity index (χ1n) is 7.81. The van der Waals surface area contributed by atoms with Gasteiger partial charge in [0.1, 0.15) is 18.8 Å². The third kappa shape index (κ3) is 10.1. The highest BCUT2D eigenvalue weighted by atomic mass is 35.5. The molecular formula is C18H22Cl2N2O6. The van der Waals surface area contributed by atoms with Crippen molar-refractivity contribution in [3.63, 3.8) is 0 Å². The van der Waals surface area contributed by atoms with Crippen LogP contribution in [0.5, 0.6) is 0 Å². The first-order chi connectivity index (χ1) is 13.3. The van der Waals surface area contributed by atoms with Crippen molar-refractivity contribution in [3.05, 3.63) is 69.7 Å². The Morgan fingerprint density at radius 3 is 1.75 bits per heavy atom. The number of ether oxygens (including phenoxy) is 1. The zero-order valence-corrected chi connectivity index (χ0v) is 16.3. The molecule has 0 bridgehead atoms. The van der Waals surface area contributed by atoms with E-state index in [0.717, 1.165) is 0 Å². The monoisotopic (exact) mass is 432 g/mol. The van der Waals surface area contributed by atoms with Gasteiger partial charge in [-0.3, -0.25) is 4.79 Å². The highest BCUT2D eigenvalue weighted by molar-refractivity contribution is 6.31. The van der Waals surface area contributed by atoms with Crippen LogP contribution in [0.25, 0.3) is 0 Å². The maximum absolute atomic E-state index is 10.3. The number of amides is 2. The van der Waals surface area contributed by atoms with Crippen molar-refractivity contribution < 1.29 is 29.6 Å². The van der Waals surface area contributed by atoms with E-state index in [2.05, 4.69) is 10.5 Å². The van der Waals surface area contributed by atoms with Crippen LogP contribution < -0.4 is 11.5 Å². The number of nitrogens with two attached hydrogens (primary N) is 2. The van der Waals surface area contributed by atoms with Gasteiger partial charge < -0.3 is 31.5 Å². The molecule has 2 aromatic rings. The number of carbonyl (C=O) groups excluding carboxylic acids is 2. The number of primary amides is 2. The van der Waals surface area contributed by atoms with E-state index in [9.17, 15) is 15.0 Å². The van der Waals surface area contributed by atoms with Gasteiger partial charge >= 0.3 is 6.09 Å². The molecule has 10 heteroatoms. The van der Waals surface area contributed by atoms with Gasteiger partial charge in [0.05, 0.1) is 6.61 Å². The van der Waals surface area contributed by atoms with E-state index < -0.39 is 18.3 Å². The summed E-state index contributed by atoms with van der Waals surface area (Å²) in [7, 11) is 0. The predicted octanol–water partition coefficient (Wildman–Crippen LogP) is 1.94. The predicted molar refractivity (Wildman–Crippen MR) is 106 cm³/mol. The molecule has 0 aliphatic heterocycles. The van der Waals surface area contributed by atoms with Crippen molar-refractivity contribution in [2.24, 2.45) is 11.5 Å². The number of rotatable bonds is 5. The molecule has 28 heavy (non-hydrogen) atoms. The quantitative estimate of drug-likeness (QED) is 0.454. The molecule has 0 aromatic heterocycles. The Morgan fingerprint density at radius 1 is 1.00 bits per heavy atom. The molecule has 2 atom stereocenters. The zero-order chi connectivity index (χ0) is 21.5. The number of hydrogen-bond acceptors (Lipinski definition) is 6. The number of benzene rings is 2. The van der Waals surface area contributed by atoms with Gasteiger partial charge in [-0.2, -0.15) is 0 Å². The van der Waals surface area contributed by atoms with Gasteiger partial charge in [-0.25, -0.2) is 4.79 Å². The molecule has 0 fully saturated rings. The second kappa shape index (κ2) is 14.7. The third-order valence-corrected chi connectivity index (χ3v) is 3.77. The summed E-state index contributed by atoms with van der Waals surface area (Å²) in [6.45, 7) is -0.497. The SMILES string of the molecule is NC(=O)OCC(O)c1ccccc1Cl.NC=O.OCC(O)c1ccccc1Cl. The average Bonchev–Trinajstić information content (AvgIpc) is 2.67.